The Hall–Kier alpha value is -1.39. The monoisotopic (exact) mass is 315 g/mol. The highest BCUT2D eigenvalue weighted by molar-refractivity contribution is 5.79. The smallest absolute Gasteiger partial charge is 0.224 e. The van der Waals surface area contributed by atoms with Crippen LogP contribution in [0.4, 0.5) is 0 Å². The first-order chi connectivity index (χ1) is 11.2. The lowest BCUT2D eigenvalue weighted by Gasteiger charge is -2.30. The van der Waals surface area contributed by atoms with Gasteiger partial charge >= 0.3 is 0 Å². The van der Waals surface area contributed by atoms with Gasteiger partial charge < -0.3 is 10.6 Å². The molecule has 1 aromatic rings. The normalized spacial score (nSPS) is 23.1. The number of likely N-dealkylation sites (tertiary alicyclic amines) is 1. The Bertz CT molecular complexity index is 517. The minimum absolute atomic E-state index is 0.144. The second-order valence-electron chi connectivity index (χ2n) is 7.13. The zero-order valence-corrected chi connectivity index (χ0v) is 14.2. The maximum atomic E-state index is 12.2. The number of hydrogen-bond donors (Lipinski definition) is 2. The Balaban J connectivity index is 1.55. The standard InChI is InChI=1S/C19H29N3O/c1-15-7-10-22(11-8-15)14-18-5-3-2-4-16(18)13-21-19(23)17-6-9-20-12-17/h2-5,15,17,20H,6-14H2,1H3,(H,21,23). The van der Waals surface area contributed by atoms with Crippen LogP contribution < -0.4 is 10.6 Å². The van der Waals surface area contributed by atoms with Crippen LogP contribution in [0.2, 0.25) is 0 Å². The van der Waals surface area contributed by atoms with Crippen molar-refractivity contribution in [1.29, 1.82) is 0 Å². The van der Waals surface area contributed by atoms with Crippen LogP contribution in [0.1, 0.15) is 37.3 Å². The van der Waals surface area contributed by atoms with Crippen LogP contribution in [0.3, 0.4) is 0 Å². The van der Waals surface area contributed by atoms with E-state index in [4.69, 9.17) is 0 Å². The van der Waals surface area contributed by atoms with E-state index in [-0.39, 0.29) is 11.8 Å². The van der Waals surface area contributed by atoms with E-state index in [9.17, 15) is 4.79 Å². The van der Waals surface area contributed by atoms with Gasteiger partial charge in [-0.15, -0.1) is 0 Å². The van der Waals surface area contributed by atoms with Crippen molar-refractivity contribution in [3.05, 3.63) is 35.4 Å². The Morgan fingerprint density at radius 2 is 1.96 bits per heavy atom. The summed E-state index contributed by atoms with van der Waals surface area (Å²) in [4.78, 5) is 14.7. The lowest BCUT2D eigenvalue weighted by atomic mass is 9.98. The first-order valence-electron chi connectivity index (χ1n) is 9.00. The van der Waals surface area contributed by atoms with Crippen LogP contribution in [0.5, 0.6) is 0 Å². The molecule has 1 amide bonds. The maximum absolute atomic E-state index is 12.2. The summed E-state index contributed by atoms with van der Waals surface area (Å²) in [6, 6.07) is 8.53. The third-order valence-electron chi connectivity index (χ3n) is 5.27. The second kappa shape index (κ2) is 7.93. The molecule has 1 unspecified atom stereocenters. The van der Waals surface area contributed by atoms with Crippen LogP contribution in [0.15, 0.2) is 24.3 Å². The van der Waals surface area contributed by atoms with Crippen LogP contribution in [0, 0.1) is 11.8 Å². The number of nitrogens with zero attached hydrogens (tertiary/aromatic N) is 1. The van der Waals surface area contributed by atoms with E-state index in [1.807, 2.05) is 0 Å². The molecule has 0 radical (unpaired) electrons. The minimum Gasteiger partial charge on any atom is -0.352 e. The molecule has 2 aliphatic heterocycles. The number of amides is 1. The van der Waals surface area contributed by atoms with E-state index in [2.05, 4.69) is 46.7 Å². The van der Waals surface area contributed by atoms with Crippen LogP contribution >= 0.6 is 0 Å². The molecular weight excluding hydrogens is 286 g/mol. The fraction of sp³-hybridized carbons (Fsp3) is 0.632. The van der Waals surface area contributed by atoms with Gasteiger partial charge in [-0.05, 0) is 55.9 Å². The second-order valence-corrected chi connectivity index (χ2v) is 7.13. The summed E-state index contributed by atoms with van der Waals surface area (Å²) in [5.74, 6) is 1.20. The van der Waals surface area contributed by atoms with Crippen LogP contribution in [-0.2, 0) is 17.9 Å². The molecule has 4 nitrogen and oxygen atoms in total. The van der Waals surface area contributed by atoms with E-state index < -0.39 is 0 Å². The Kier molecular flexibility index (Phi) is 5.68. The maximum Gasteiger partial charge on any atom is 0.224 e. The quantitative estimate of drug-likeness (QED) is 0.875. The largest absolute Gasteiger partial charge is 0.352 e. The van der Waals surface area contributed by atoms with E-state index >= 15 is 0 Å². The predicted octanol–water partition coefficient (Wildman–Crippen LogP) is 2.14. The lowest BCUT2D eigenvalue weighted by molar-refractivity contribution is -0.124. The van der Waals surface area contributed by atoms with Crippen molar-refractivity contribution in [3.63, 3.8) is 0 Å². The van der Waals surface area contributed by atoms with Crippen LogP contribution in [-0.4, -0.2) is 37.0 Å². The molecule has 0 bridgehead atoms. The minimum atomic E-state index is 0.144. The van der Waals surface area contributed by atoms with Crippen molar-refractivity contribution in [1.82, 2.24) is 15.5 Å². The van der Waals surface area contributed by atoms with Gasteiger partial charge in [-0.3, -0.25) is 9.69 Å². The highest BCUT2D eigenvalue weighted by Crippen LogP contribution is 2.19. The molecule has 4 heteroatoms. The van der Waals surface area contributed by atoms with Gasteiger partial charge in [-0.2, -0.15) is 0 Å². The molecule has 2 heterocycles. The Morgan fingerprint density at radius 3 is 2.65 bits per heavy atom. The van der Waals surface area contributed by atoms with E-state index in [1.54, 1.807) is 0 Å². The summed E-state index contributed by atoms with van der Waals surface area (Å²) in [5.41, 5.74) is 2.61. The molecule has 2 saturated heterocycles. The number of piperidine rings is 1. The average molecular weight is 315 g/mol. The first-order valence-corrected chi connectivity index (χ1v) is 9.00. The van der Waals surface area contributed by atoms with Crippen LogP contribution in [0.25, 0.3) is 0 Å². The predicted molar refractivity (Wildman–Crippen MR) is 92.9 cm³/mol. The van der Waals surface area contributed by atoms with Gasteiger partial charge in [0.2, 0.25) is 5.91 Å². The molecular formula is C19H29N3O. The molecule has 126 valence electrons. The summed E-state index contributed by atoms with van der Waals surface area (Å²) < 4.78 is 0. The summed E-state index contributed by atoms with van der Waals surface area (Å²) >= 11 is 0. The van der Waals surface area contributed by atoms with Gasteiger partial charge in [0.1, 0.15) is 0 Å². The third kappa shape index (κ3) is 4.55. The van der Waals surface area contributed by atoms with Gasteiger partial charge in [-0.1, -0.05) is 31.2 Å². The molecule has 23 heavy (non-hydrogen) atoms. The summed E-state index contributed by atoms with van der Waals surface area (Å²) in [7, 11) is 0. The Morgan fingerprint density at radius 1 is 1.22 bits per heavy atom. The zero-order chi connectivity index (χ0) is 16.1. The number of nitrogens with one attached hydrogen (secondary N) is 2. The number of rotatable bonds is 5. The number of carbonyl (C=O) groups excluding carboxylic acids is 1. The molecule has 0 aromatic heterocycles. The molecule has 2 N–H and O–H groups in total. The number of benzene rings is 1. The van der Waals surface area contributed by atoms with E-state index in [1.165, 1.54) is 37.1 Å². The number of carbonyl (C=O) groups is 1. The van der Waals surface area contributed by atoms with E-state index in [0.29, 0.717) is 6.54 Å². The van der Waals surface area contributed by atoms with Crippen molar-refractivity contribution in [2.75, 3.05) is 26.2 Å². The van der Waals surface area contributed by atoms with E-state index in [0.717, 1.165) is 32.0 Å². The molecule has 2 fully saturated rings. The molecule has 1 aromatic carbocycles. The van der Waals surface area contributed by atoms with Gasteiger partial charge in [0.25, 0.3) is 0 Å². The lowest BCUT2D eigenvalue weighted by Crippen LogP contribution is -2.34. The van der Waals surface area contributed by atoms with Crippen molar-refractivity contribution in [3.8, 4) is 0 Å². The fourth-order valence-electron chi connectivity index (χ4n) is 3.55. The highest BCUT2D eigenvalue weighted by Gasteiger charge is 2.22. The van der Waals surface area contributed by atoms with Crippen molar-refractivity contribution in [2.24, 2.45) is 11.8 Å². The summed E-state index contributed by atoms with van der Waals surface area (Å²) in [6.07, 6.45) is 3.56. The number of hydrogen-bond acceptors (Lipinski definition) is 3. The SMILES string of the molecule is CC1CCN(Cc2ccccc2CNC(=O)C2CCNC2)CC1. The van der Waals surface area contributed by atoms with Gasteiger partial charge in [0.15, 0.2) is 0 Å². The summed E-state index contributed by atoms with van der Waals surface area (Å²) in [5, 5.41) is 6.38. The summed E-state index contributed by atoms with van der Waals surface area (Å²) in [6.45, 7) is 8.16. The van der Waals surface area contributed by atoms with Gasteiger partial charge in [0, 0.05) is 19.6 Å². The van der Waals surface area contributed by atoms with Crippen molar-refractivity contribution < 1.29 is 4.79 Å². The third-order valence-corrected chi connectivity index (χ3v) is 5.27. The average Bonchev–Trinajstić information content (AvgIpc) is 3.10. The van der Waals surface area contributed by atoms with Gasteiger partial charge in [-0.25, -0.2) is 0 Å². The first kappa shape index (κ1) is 16.5. The molecule has 3 rings (SSSR count). The Labute approximate surface area is 139 Å². The highest BCUT2D eigenvalue weighted by atomic mass is 16.1. The zero-order valence-electron chi connectivity index (χ0n) is 14.2. The van der Waals surface area contributed by atoms with Crippen molar-refractivity contribution >= 4 is 5.91 Å². The molecule has 2 aliphatic rings. The van der Waals surface area contributed by atoms with Gasteiger partial charge in [0.05, 0.1) is 5.92 Å². The topological polar surface area (TPSA) is 44.4 Å². The molecule has 0 aliphatic carbocycles. The molecule has 0 spiro atoms. The molecule has 1 atom stereocenters. The molecule has 0 saturated carbocycles. The fourth-order valence-corrected chi connectivity index (χ4v) is 3.55. The van der Waals surface area contributed by atoms with Crippen molar-refractivity contribution in [2.45, 2.75) is 39.3 Å².